The van der Waals surface area contributed by atoms with Gasteiger partial charge in [-0.2, -0.15) is 0 Å². The van der Waals surface area contributed by atoms with E-state index in [0.29, 0.717) is 11.6 Å². The standard InChI is InChI=1S/C12H21N3/c1-10(2)15-9-13-7-11(15)8-14-12(3)5-4-6-12/h7,9-10,14H,4-6,8H2,1-3H3. The smallest absolute Gasteiger partial charge is 0.0951 e. The van der Waals surface area contributed by atoms with E-state index in [9.17, 15) is 0 Å². The average molecular weight is 207 g/mol. The highest BCUT2D eigenvalue weighted by Gasteiger charge is 2.30. The molecule has 84 valence electrons. The van der Waals surface area contributed by atoms with Gasteiger partial charge < -0.3 is 9.88 Å². The molecule has 1 fully saturated rings. The minimum atomic E-state index is 0.381. The van der Waals surface area contributed by atoms with E-state index in [0.717, 1.165) is 6.54 Å². The van der Waals surface area contributed by atoms with Crippen molar-refractivity contribution in [2.45, 2.75) is 58.2 Å². The Labute approximate surface area is 91.9 Å². The van der Waals surface area contributed by atoms with Crippen LogP contribution < -0.4 is 5.32 Å². The Morgan fingerprint density at radius 1 is 1.53 bits per heavy atom. The number of nitrogens with zero attached hydrogens (tertiary/aromatic N) is 2. The molecular weight excluding hydrogens is 186 g/mol. The van der Waals surface area contributed by atoms with Crippen molar-refractivity contribution in [1.82, 2.24) is 14.9 Å². The fourth-order valence-electron chi connectivity index (χ4n) is 2.12. The van der Waals surface area contributed by atoms with Crippen LogP contribution in [0.3, 0.4) is 0 Å². The molecule has 0 aromatic carbocycles. The van der Waals surface area contributed by atoms with Gasteiger partial charge in [0.15, 0.2) is 0 Å². The average Bonchev–Trinajstić information content (AvgIpc) is 2.59. The fraction of sp³-hybridized carbons (Fsp3) is 0.750. The molecule has 0 bridgehead atoms. The molecule has 1 N–H and O–H groups in total. The zero-order valence-corrected chi connectivity index (χ0v) is 9.95. The Hall–Kier alpha value is -0.830. The maximum absolute atomic E-state index is 4.21. The van der Waals surface area contributed by atoms with Crippen LogP contribution in [-0.2, 0) is 6.54 Å². The van der Waals surface area contributed by atoms with Gasteiger partial charge in [0.05, 0.1) is 12.0 Å². The van der Waals surface area contributed by atoms with E-state index < -0.39 is 0 Å². The van der Waals surface area contributed by atoms with Gasteiger partial charge in [-0.25, -0.2) is 4.98 Å². The molecule has 1 aliphatic rings. The van der Waals surface area contributed by atoms with E-state index in [1.54, 1.807) is 0 Å². The van der Waals surface area contributed by atoms with E-state index in [2.05, 4.69) is 35.6 Å². The number of imidazole rings is 1. The van der Waals surface area contributed by atoms with E-state index in [1.165, 1.54) is 25.0 Å². The summed E-state index contributed by atoms with van der Waals surface area (Å²) in [4.78, 5) is 4.21. The van der Waals surface area contributed by atoms with Crippen molar-refractivity contribution in [2.24, 2.45) is 0 Å². The van der Waals surface area contributed by atoms with Crippen LogP contribution in [0.4, 0.5) is 0 Å². The second-order valence-corrected chi connectivity index (χ2v) is 5.15. The second-order valence-electron chi connectivity index (χ2n) is 5.15. The number of nitrogens with one attached hydrogen (secondary N) is 1. The number of rotatable bonds is 4. The van der Waals surface area contributed by atoms with Crippen LogP contribution in [0.2, 0.25) is 0 Å². The molecule has 1 heterocycles. The lowest BCUT2D eigenvalue weighted by Crippen LogP contribution is -2.47. The Balaban J connectivity index is 1.95. The number of hydrogen-bond donors (Lipinski definition) is 1. The first kappa shape index (κ1) is 10.7. The van der Waals surface area contributed by atoms with Crippen molar-refractivity contribution >= 4 is 0 Å². The Morgan fingerprint density at radius 2 is 2.27 bits per heavy atom. The molecule has 0 radical (unpaired) electrons. The summed E-state index contributed by atoms with van der Waals surface area (Å²) in [5.41, 5.74) is 1.67. The van der Waals surface area contributed by atoms with Gasteiger partial charge in [0.1, 0.15) is 0 Å². The molecule has 1 aromatic rings. The van der Waals surface area contributed by atoms with E-state index in [-0.39, 0.29) is 0 Å². The molecule has 1 aromatic heterocycles. The molecular formula is C12H21N3. The summed E-state index contributed by atoms with van der Waals surface area (Å²) >= 11 is 0. The SMILES string of the molecule is CC(C)n1cncc1CNC1(C)CCC1. The third kappa shape index (κ3) is 2.23. The molecule has 3 heteroatoms. The van der Waals surface area contributed by atoms with Gasteiger partial charge >= 0.3 is 0 Å². The van der Waals surface area contributed by atoms with Crippen LogP contribution in [0.25, 0.3) is 0 Å². The molecule has 0 spiro atoms. The Kier molecular flexibility index (Phi) is 2.83. The van der Waals surface area contributed by atoms with Gasteiger partial charge in [-0.15, -0.1) is 0 Å². The molecule has 3 nitrogen and oxygen atoms in total. The third-order valence-corrected chi connectivity index (χ3v) is 3.46. The Morgan fingerprint density at radius 3 is 2.80 bits per heavy atom. The van der Waals surface area contributed by atoms with E-state index >= 15 is 0 Å². The molecule has 0 amide bonds. The van der Waals surface area contributed by atoms with Crippen molar-refractivity contribution < 1.29 is 0 Å². The molecule has 0 unspecified atom stereocenters. The second kappa shape index (κ2) is 3.97. The maximum Gasteiger partial charge on any atom is 0.0951 e. The number of hydrogen-bond acceptors (Lipinski definition) is 2. The topological polar surface area (TPSA) is 29.9 Å². The van der Waals surface area contributed by atoms with E-state index in [4.69, 9.17) is 0 Å². The van der Waals surface area contributed by atoms with Crippen molar-refractivity contribution in [1.29, 1.82) is 0 Å². The van der Waals surface area contributed by atoms with Crippen molar-refractivity contribution in [3.63, 3.8) is 0 Å². The van der Waals surface area contributed by atoms with Crippen LogP contribution in [0.15, 0.2) is 12.5 Å². The van der Waals surface area contributed by atoms with Crippen molar-refractivity contribution in [3.05, 3.63) is 18.2 Å². The van der Waals surface area contributed by atoms with Gasteiger partial charge in [0.2, 0.25) is 0 Å². The highest BCUT2D eigenvalue weighted by atomic mass is 15.1. The van der Waals surface area contributed by atoms with Gasteiger partial charge in [-0.3, -0.25) is 0 Å². The first-order valence-electron chi connectivity index (χ1n) is 5.86. The summed E-state index contributed by atoms with van der Waals surface area (Å²) in [5.74, 6) is 0. The van der Waals surface area contributed by atoms with Gasteiger partial charge in [-0.1, -0.05) is 0 Å². The van der Waals surface area contributed by atoms with Crippen molar-refractivity contribution in [2.75, 3.05) is 0 Å². The first-order valence-corrected chi connectivity index (χ1v) is 5.86. The zero-order valence-electron chi connectivity index (χ0n) is 9.95. The summed E-state index contributed by atoms with van der Waals surface area (Å²) in [6, 6.07) is 0.499. The molecule has 2 rings (SSSR count). The minimum Gasteiger partial charge on any atom is -0.331 e. The lowest BCUT2D eigenvalue weighted by atomic mass is 9.78. The molecule has 15 heavy (non-hydrogen) atoms. The maximum atomic E-state index is 4.21. The molecule has 0 saturated heterocycles. The molecule has 1 saturated carbocycles. The quantitative estimate of drug-likeness (QED) is 0.822. The third-order valence-electron chi connectivity index (χ3n) is 3.46. The summed E-state index contributed by atoms with van der Waals surface area (Å²) in [6.45, 7) is 7.63. The van der Waals surface area contributed by atoms with E-state index in [1.807, 2.05) is 12.5 Å². The zero-order chi connectivity index (χ0) is 10.9. The predicted molar refractivity (Wildman–Crippen MR) is 61.7 cm³/mol. The van der Waals surface area contributed by atoms with Gasteiger partial charge in [-0.05, 0) is 40.0 Å². The summed E-state index contributed by atoms with van der Waals surface area (Å²) < 4.78 is 2.23. The monoisotopic (exact) mass is 207 g/mol. The summed E-state index contributed by atoms with van der Waals surface area (Å²) in [6.07, 6.45) is 7.87. The highest BCUT2D eigenvalue weighted by molar-refractivity contribution is 5.02. The predicted octanol–water partition coefficient (Wildman–Crippen LogP) is 2.50. The van der Waals surface area contributed by atoms with Crippen LogP contribution in [0, 0.1) is 0 Å². The normalized spacial score (nSPS) is 19.2. The van der Waals surface area contributed by atoms with Crippen LogP contribution in [-0.4, -0.2) is 15.1 Å². The lowest BCUT2D eigenvalue weighted by Gasteiger charge is -2.39. The first-order chi connectivity index (χ1) is 7.11. The molecule has 0 atom stereocenters. The minimum absolute atomic E-state index is 0.381. The highest BCUT2D eigenvalue weighted by Crippen LogP contribution is 2.31. The summed E-state index contributed by atoms with van der Waals surface area (Å²) in [5, 5.41) is 3.63. The fourth-order valence-corrected chi connectivity index (χ4v) is 2.12. The van der Waals surface area contributed by atoms with Crippen LogP contribution >= 0.6 is 0 Å². The molecule has 1 aliphatic carbocycles. The summed E-state index contributed by atoms with van der Waals surface area (Å²) in [7, 11) is 0. The Bertz CT molecular complexity index is 323. The van der Waals surface area contributed by atoms with Crippen LogP contribution in [0.5, 0.6) is 0 Å². The molecule has 0 aliphatic heterocycles. The van der Waals surface area contributed by atoms with Crippen molar-refractivity contribution in [3.8, 4) is 0 Å². The lowest BCUT2D eigenvalue weighted by molar-refractivity contribution is 0.205. The van der Waals surface area contributed by atoms with Gasteiger partial charge in [0.25, 0.3) is 0 Å². The van der Waals surface area contributed by atoms with Gasteiger partial charge in [0, 0.05) is 24.3 Å². The number of aromatic nitrogens is 2. The largest absolute Gasteiger partial charge is 0.331 e. The van der Waals surface area contributed by atoms with Crippen LogP contribution in [0.1, 0.15) is 51.8 Å².